The van der Waals surface area contributed by atoms with E-state index in [1.807, 2.05) is 0 Å². The van der Waals surface area contributed by atoms with Crippen LogP contribution >= 0.6 is 0 Å². The number of aromatic nitrogens is 3. The van der Waals surface area contributed by atoms with E-state index in [-0.39, 0.29) is 10.9 Å². The molecular formula is C11H11F2N3O2S. The van der Waals surface area contributed by atoms with E-state index < -0.39 is 27.2 Å². The van der Waals surface area contributed by atoms with Gasteiger partial charge in [-0.1, -0.05) is 6.07 Å². The van der Waals surface area contributed by atoms with E-state index in [2.05, 4.69) is 15.0 Å². The highest BCUT2D eigenvalue weighted by molar-refractivity contribution is 7.90. The van der Waals surface area contributed by atoms with Gasteiger partial charge in [0.15, 0.2) is 0 Å². The lowest BCUT2D eigenvalue weighted by Gasteiger charge is -2.10. The third kappa shape index (κ3) is 3.14. The van der Waals surface area contributed by atoms with Gasteiger partial charge in [-0.15, -0.1) is 0 Å². The average molecular weight is 287 g/mol. The molecule has 2 rings (SSSR count). The van der Waals surface area contributed by atoms with Gasteiger partial charge in [0.1, 0.15) is 11.4 Å². The number of pyridine rings is 1. The van der Waals surface area contributed by atoms with Gasteiger partial charge in [-0.3, -0.25) is 4.98 Å². The number of sulfone groups is 1. The second-order valence-electron chi connectivity index (χ2n) is 4.06. The number of halogens is 2. The normalized spacial score (nSPS) is 12.6. The molecule has 0 bridgehead atoms. The number of nitrogens with zero attached hydrogens (tertiary/aromatic N) is 2. The summed E-state index contributed by atoms with van der Waals surface area (Å²) in [4.78, 5) is 9.77. The zero-order valence-electron chi connectivity index (χ0n) is 9.97. The summed E-state index contributed by atoms with van der Waals surface area (Å²) in [6.07, 6.45) is 2.67. The predicted molar refractivity (Wildman–Crippen MR) is 63.3 cm³/mol. The number of hydrogen-bond donors (Lipinski definition) is 1. The average Bonchev–Trinajstić information content (AvgIpc) is 2.81. The van der Waals surface area contributed by atoms with Crippen LogP contribution < -0.4 is 0 Å². The predicted octanol–water partition coefficient (Wildman–Crippen LogP) is 1.89. The maximum atomic E-state index is 13.1. The molecule has 0 spiro atoms. The Bertz CT molecular complexity index is 663. The van der Waals surface area contributed by atoms with E-state index in [1.165, 1.54) is 24.5 Å². The van der Waals surface area contributed by atoms with Crippen LogP contribution in [0.3, 0.4) is 0 Å². The van der Waals surface area contributed by atoms with Crippen LogP contribution in [0, 0.1) is 0 Å². The minimum atomic E-state index is -3.71. The molecule has 0 unspecified atom stereocenters. The first-order chi connectivity index (χ1) is 8.79. The Morgan fingerprint density at radius 3 is 2.68 bits per heavy atom. The highest BCUT2D eigenvalue weighted by atomic mass is 32.2. The standard InChI is InChI=1S/C11H11F2N3O2S/c1-11(12,13)9-4-2-3-8(16-9)7-19(17,18)10-14-5-6-15-10/h2-6H,7H2,1H3,(H,14,15). The molecule has 19 heavy (non-hydrogen) atoms. The Morgan fingerprint density at radius 1 is 1.37 bits per heavy atom. The van der Waals surface area contributed by atoms with Crippen molar-refractivity contribution in [1.82, 2.24) is 15.0 Å². The number of hydrogen-bond acceptors (Lipinski definition) is 4. The van der Waals surface area contributed by atoms with Crippen molar-refractivity contribution in [2.24, 2.45) is 0 Å². The molecule has 0 fully saturated rings. The monoisotopic (exact) mass is 287 g/mol. The Hall–Kier alpha value is -1.83. The van der Waals surface area contributed by atoms with Crippen molar-refractivity contribution in [3.8, 4) is 0 Å². The van der Waals surface area contributed by atoms with Crippen molar-refractivity contribution >= 4 is 9.84 Å². The maximum absolute atomic E-state index is 13.1. The van der Waals surface area contributed by atoms with Gasteiger partial charge in [0.05, 0.1) is 5.69 Å². The smallest absolute Gasteiger partial charge is 0.286 e. The number of rotatable bonds is 4. The van der Waals surface area contributed by atoms with E-state index in [4.69, 9.17) is 0 Å². The summed E-state index contributed by atoms with van der Waals surface area (Å²) in [5, 5.41) is -0.206. The Kier molecular flexibility index (Phi) is 3.36. The lowest BCUT2D eigenvalue weighted by molar-refractivity contribution is 0.0126. The summed E-state index contributed by atoms with van der Waals surface area (Å²) < 4.78 is 50.0. The second kappa shape index (κ2) is 4.69. The van der Waals surface area contributed by atoms with Crippen LogP contribution in [-0.2, 0) is 21.5 Å². The fourth-order valence-corrected chi connectivity index (χ4v) is 2.64. The second-order valence-corrected chi connectivity index (χ2v) is 5.96. The molecule has 0 saturated heterocycles. The van der Waals surface area contributed by atoms with E-state index in [1.54, 1.807) is 0 Å². The lowest BCUT2D eigenvalue weighted by Crippen LogP contribution is -2.13. The quantitative estimate of drug-likeness (QED) is 0.931. The summed E-state index contributed by atoms with van der Waals surface area (Å²) in [6.45, 7) is 0.708. The van der Waals surface area contributed by atoms with Gasteiger partial charge in [0, 0.05) is 19.3 Å². The third-order valence-electron chi connectivity index (χ3n) is 2.36. The zero-order valence-corrected chi connectivity index (χ0v) is 10.8. The van der Waals surface area contributed by atoms with Crippen molar-refractivity contribution in [2.75, 3.05) is 0 Å². The van der Waals surface area contributed by atoms with Gasteiger partial charge < -0.3 is 4.98 Å². The minimum Gasteiger partial charge on any atom is -0.336 e. The van der Waals surface area contributed by atoms with Gasteiger partial charge in [0.2, 0.25) is 15.0 Å². The van der Waals surface area contributed by atoms with Crippen molar-refractivity contribution in [3.05, 3.63) is 42.0 Å². The molecule has 0 amide bonds. The number of aromatic amines is 1. The van der Waals surface area contributed by atoms with Crippen LogP contribution in [0.15, 0.2) is 35.7 Å². The van der Waals surface area contributed by atoms with E-state index in [0.29, 0.717) is 6.92 Å². The van der Waals surface area contributed by atoms with E-state index in [9.17, 15) is 17.2 Å². The van der Waals surface area contributed by atoms with E-state index >= 15 is 0 Å². The first kappa shape index (κ1) is 13.6. The van der Waals surface area contributed by atoms with Crippen LogP contribution in [-0.4, -0.2) is 23.4 Å². The topological polar surface area (TPSA) is 75.7 Å². The molecule has 102 valence electrons. The fourth-order valence-electron chi connectivity index (χ4n) is 1.49. The molecule has 0 atom stereocenters. The molecule has 2 aromatic heterocycles. The Morgan fingerprint density at radius 2 is 2.11 bits per heavy atom. The van der Waals surface area contributed by atoms with Gasteiger partial charge >= 0.3 is 0 Å². The van der Waals surface area contributed by atoms with Crippen LogP contribution in [0.1, 0.15) is 18.3 Å². The molecule has 0 aliphatic heterocycles. The van der Waals surface area contributed by atoms with Crippen LogP contribution in [0.25, 0.3) is 0 Å². The zero-order chi connectivity index (χ0) is 14.1. The molecule has 0 aliphatic rings. The van der Waals surface area contributed by atoms with Crippen LogP contribution in [0.5, 0.6) is 0 Å². The lowest BCUT2D eigenvalue weighted by atomic mass is 10.2. The van der Waals surface area contributed by atoms with Crippen LogP contribution in [0.4, 0.5) is 8.78 Å². The fraction of sp³-hybridized carbons (Fsp3) is 0.273. The number of imidazole rings is 1. The summed E-state index contributed by atoms with van der Waals surface area (Å²) in [5.41, 5.74) is -0.407. The number of H-pyrrole nitrogens is 1. The summed E-state index contributed by atoms with van der Waals surface area (Å²) >= 11 is 0. The van der Waals surface area contributed by atoms with Crippen molar-refractivity contribution < 1.29 is 17.2 Å². The Balaban J connectivity index is 2.30. The molecule has 2 heterocycles. The highest BCUT2D eigenvalue weighted by Crippen LogP contribution is 2.25. The van der Waals surface area contributed by atoms with Crippen molar-refractivity contribution in [1.29, 1.82) is 0 Å². The van der Waals surface area contributed by atoms with Gasteiger partial charge in [-0.25, -0.2) is 13.4 Å². The molecule has 2 aromatic rings. The minimum absolute atomic E-state index is 0.0513. The van der Waals surface area contributed by atoms with Crippen molar-refractivity contribution in [3.63, 3.8) is 0 Å². The molecule has 0 saturated carbocycles. The third-order valence-corrected chi connectivity index (χ3v) is 3.85. The first-order valence-electron chi connectivity index (χ1n) is 5.35. The van der Waals surface area contributed by atoms with Gasteiger partial charge in [-0.05, 0) is 12.1 Å². The largest absolute Gasteiger partial charge is 0.336 e. The number of nitrogens with one attached hydrogen (secondary N) is 1. The van der Waals surface area contributed by atoms with Gasteiger partial charge in [0.25, 0.3) is 5.92 Å². The molecule has 0 aliphatic carbocycles. The molecule has 8 heteroatoms. The van der Waals surface area contributed by atoms with Gasteiger partial charge in [-0.2, -0.15) is 8.78 Å². The summed E-state index contributed by atoms with van der Waals surface area (Å²) in [7, 11) is -3.71. The summed E-state index contributed by atoms with van der Waals surface area (Å²) in [5.74, 6) is -3.59. The molecule has 0 radical (unpaired) electrons. The molecule has 5 nitrogen and oxygen atoms in total. The van der Waals surface area contributed by atoms with Crippen molar-refractivity contribution in [2.45, 2.75) is 23.8 Å². The maximum Gasteiger partial charge on any atom is 0.286 e. The van der Waals surface area contributed by atoms with E-state index in [0.717, 1.165) is 6.07 Å². The first-order valence-corrected chi connectivity index (χ1v) is 7.00. The SMILES string of the molecule is CC(F)(F)c1cccc(CS(=O)(=O)c2ncc[nH]2)n1. The number of alkyl halides is 2. The molecular weight excluding hydrogens is 276 g/mol. The van der Waals surface area contributed by atoms with Crippen LogP contribution in [0.2, 0.25) is 0 Å². The Labute approximate surface area is 108 Å². The summed E-state index contributed by atoms with van der Waals surface area (Å²) in [6, 6.07) is 3.89. The molecule has 1 N–H and O–H groups in total. The molecule has 0 aromatic carbocycles. The highest BCUT2D eigenvalue weighted by Gasteiger charge is 2.27.